The van der Waals surface area contributed by atoms with Crippen molar-refractivity contribution in [3.05, 3.63) is 145 Å². The minimum absolute atomic E-state index is 0.152. The third-order valence-electron chi connectivity index (χ3n) is 9.56. The number of methoxy groups -OCH3 is 1. The van der Waals surface area contributed by atoms with Crippen molar-refractivity contribution in [3.63, 3.8) is 0 Å². The molecule has 0 N–H and O–H groups in total. The lowest BCUT2D eigenvalue weighted by atomic mass is 9.90. The number of aromatic nitrogens is 1. The first-order chi connectivity index (χ1) is 25.4. The predicted octanol–water partition coefficient (Wildman–Crippen LogP) is 7.40. The van der Waals surface area contributed by atoms with Crippen LogP contribution in [0.15, 0.2) is 118 Å². The highest BCUT2D eigenvalue weighted by atomic mass is 32.1. The highest BCUT2D eigenvalue weighted by Gasteiger charge is 2.36. The maximum absolute atomic E-state index is 14.6. The van der Waals surface area contributed by atoms with E-state index in [2.05, 4.69) is 24.3 Å². The summed E-state index contributed by atoms with van der Waals surface area (Å²) >= 11 is 1.30. The monoisotopic (exact) mass is 711 g/mol. The molecular formula is C43H41N3O5S. The number of amides is 1. The number of allylic oxidation sites excluding steroid dienone is 1. The molecule has 1 aliphatic rings. The van der Waals surface area contributed by atoms with Gasteiger partial charge in [0, 0.05) is 18.7 Å². The Morgan fingerprint density at radius 1 is 0.846 bits per heavy atom. The summed E-state index contributed by atoms with van der Waals surface area (Å²) in [6.07, 6.45) is 1.85. The fourth-order valence-electron chi connectivity index (χ4n) is 7.01. The van der Waals surface area contributed by atoms with Crippen LogP contribution in [0.2, 0.25) is 0 Å². The van der Waals surface area contributed by atoms with E-state index in [1.54, 1.807) is 16.6 Å². The first-order valence-corrected chi connectivity index (χ1v) is 18.4. The molecule has 9 heteroatoms. The minimum atomic E-state index is -0.753. The Labute approximate surface area is 306 Å². The maximum atomic E-state index is 14.6. The highest BCUT2D eigenvalue weighted by Crippen LogP contribution is 2.40. The third-order valence-corrected chi connectivity index (χ3v) is 10.5. The molecule has 6 aromatic rings. The van der Waals surface area contributed by atoms with Crippen LogP contribution in [0.25, 0.3) is 27.6 Å². The van der Waals surface area contributed by atoms with Gasteiger partial charge in [-0.25, -0.2) is 4.99 Å². The number of carbonyl (C=O) groups excluding carboxylic acids is 1. The summed E-state index contributed by atoms with van der Waals surface area (Å²) in [4.78, 5) is 36.0. The van der Waals surface area contributed by atoms with Crippen molar-refractivity contribution in [2.45, 2.75) is 40.3 Å². The van der Waals surface area contributed by atoms with Gasteiger partial charge < -0.3 is 19.1 Å². The Morgan fingerprint density at radius 3 is 2.27 bits per heavy atom. The van der Waals surface area contributed by atoms with E-state index in [9.17, 15) is 9.59 Å². The summed E-state index contributed by atoms with van der Waals surface area (Å²) in [5.41, 5.74) is 3.41. The van der Waals surface area contributed by atoms with Gasteiger partial charge >= 0.3 is 0 Å². The lowest BCUT2D eigenvalue weighted by Gasteiger charge is -2.30. The summed E-state index contributed by atoms with van der Waals surface area (Å²) in [7, 11) is 1.62. The van der Waals surface area contributed by atoms with Gasteiger partial charge in [-0.1, -0.05) is 90.2 Å². The minimum Gasteiger partial charge on any atom is -0.496 e. The number of rotatable bonds is 11. The van der Waals surface area contributed by atoms with Crippen molar-refractivity contribution in [1.29, 1.82) is 0 Å². The molecule has 1 aliphatic heterocycles. The van der Waals surface area contributed by atoms with Crippen LogP contribution in [0.1, 0.15) is 50.4 Å². The number of ether oxygens (including phenoxy) is 3. The van der Waals surface area contributed by atoms with Gasteiger partial charge in [0.2, 0.25) is 0 Å². The zero-order valence-electron chi connectivity index (χ0n) is 30.0. The second-order valence-corrected chi connectivity index (χ2v) is 13.5. The first kappa shape index (κ1) is 34.8. The van der Waals surface area contributed by atoms with E-state index in [4.69, 9.17) is 19.2 Å². The van der Waals surface area contributed by atoms with Crippen molar-refractivity contribution < 1.29 is 19.0 Å². The summed E-state index contributed by atoms with van der Waals surface area (Å²) in [6, 6.07) is 31.3. The molecule has 0 spiro atoms. The molecule has 264 valence electrons. The van der Waals surface area contributed by atoms with Crippen molar-refractivity contribution in [2.75, 3.05) is 26.8 Å². The molecule has 52 heavy (non-hydrogen) atoms. The zero-order chi connectivity index (χ0) is 36.4. The molecule has 1 atom stereocenters. The van der Waals surface area contributed by atoms with E-state index in [-0.39, 0.29) is 11.5 Å². The van der Waals surface area contributed by atoms with Gasteiger partial charge in [0.1, 0.15) is 18.4 Å². The van der Waals surface area contributed by atoms with E-state index in [1.165, 1.54) is 11.3 Å². The number of carbonyl (C=O) groups is 1. The van der Waals surface area contributed by atoms with E-state index in [1.807, 2.05) is 107 Å². The van der Waals surface area contributed by atoms with Gasteiger partial charge in [0.15, 0.2) is 16.3 Å². The molecule has 2 heterocycles. The second kappa shape index (κ2) is 14.9. The number of hydrogen-bond acceptors (Lipinski definition) is 7. The van der Waals surface area contributed by atoms with Crippen LogP contribution in [0.3, 0.4) is 0 Å². The number of thiazole rings is 1. The standard InChI is InChI=1S/C43H41N3O5S/c1-6-45(7-2)42(48)38-27(4)44-43-46(40(38)39-33-19-12-10-15-30(33)21-23-35(39)49-5)41(47)37(52-43)25-28-20-22-34(36(24-28)50-8-3)51-26-31-17-13-16-29-14-9-11-18-32(29)31/h9-25,40H,6-8,26H2,1-5H3/b37-25+/t40-/m0/s1. The molecule has 0 fully saturated rings. The van der Waals surface area contributed by atoms with Crippen molar-refractivity contribution in [2.24, 2.45) is 4.99 Å². The molecule has 0 bridgehead atoms. The molecule has 7 rings (SSSR count). The number of benzene rings is 5. The molecule has 0 radical (unpaired) electrons. The quantitative estimate of drug-likeness (QED) is 0.140. The Bertz CT molecular complexity index is 2520. The zero-order valence-corrected chi connectivity index (χ0v) is 30.8. The van der Waals surface area contributed by atoms with Crippen LogP contribution in [0.5, 0.6) is 17.2 Å². The van der Waals surface area contributed by atoms with Crippen molar-refractivity contribution >= 4 is 44.9 Å². The van der Waals surface area contributed by atoms with Gasteiger partial charge in [-0.05, 0) is 84.6 Å². The molecule has 0 unspecified atom stereocenters. The van der Waals surface area contributed by atoms with E-state index < -0.39 is 6.04 Å². The number of nitrogens with zero attached hydrogens (tertiary/aromatic N) is 3. The number of fused-ring (bicyclic) bond motifs is 3. The van der Waals surface area contributed by atoms with Crippen LogP contribution >= 0.6 is 11.3 Å². The fourth-order valence-corrected chi connectivity index (χ4v) is 8.06. The molecule has 5 aromatic carbocycles. The largest absolute Gasteiger partial charge is 0.496 e. The topological polar surface area (TPSA) is 82.4 Å². The van der Waals surface area contributed by atoms with Gasteiger partial charge in [-0.2, -0.15) is 0 Å². The lowest BCUT2D eigenvalue weighted by Crippen LogP contribution is -2.43. The van der Waals surface area contributed by atoms with Gasteiger partial charge in [-0.3, -0.25) is 14.2 Å². The number of likely N-dealkylation sites (N-methyl/N-ethyl adjacent to an activating group) is 1. The smallest absolute Gasteiger partial charge is 0.271 e. The highest BCUT2D eigenvalue weighted by molar-refractivity contribution is 7.07. The van der Waals surface area contributed by atoms with Crippen LogP contribution in [-0.4, -0.2) is 42.2 Å². The summed E-state index contributed by atoms with van der Waals surface area (Å²) in [5.74, 6) is 1.65. The summed E-state index contributed by atoms with van der Waals surface area (Å²) in [5, 5.41) is 4.19. The molecule has 1 aromatic heterocycles. The normalized spacial score (nSPS) is 14.3. The molecular weight excluding hydrogens is 671 g/mol. The molecule has 8 nitrogen and oxygen atoms in total. The van der Waals surface area contributed by atoms with E-state index >= 15 is 0 Å². The van der Waals surface area contributed by atoms with Crippen LogP contribution < -0.4 is 29.1 Å². The first-order valence-electron chi connectivity index (χ1n) is 17.6. The van der Waals surface area contributed by atoms with Gasteiger partial charge in [-0.15, -0.1) is 0 Å². The van der Waals surface area contributed by atoms with Gasteiger partial charge in [0.25, 0.3) is 11.5 Å². The summed E-state index contributed by atoms with van der Waals surface area (Å²) < 4.78 is 20.4. The van der Waals surface area contributed by atoms with Crippen molar-refractivity contribution in [3.8, 4) is 17.2 Å². The van der Waals surface area contributed by atoms with E-state index in [0.717, 1.165) is 38.2 Å². The average molecular weight is 712 g/mol. The lowest BCUT2D eigenvalue weighted by molar-refractivity contribution is -0.127. The van der Waals surface area contributed by atoms with E-state index in [0.29, 0.717) is 64.2 Å². The fraction of sp³-hybridized carbons (Fsp3) is 0.233. The molecule has 0 aliphatic carbocycles. The molecule has 1 amide bonds. The Balaban J connectivity index is 1.33. The van der Waals surface area contributed by atoms with Crippen LogP contribution in [0.4, 0.5) is 0 Å². The second-order valence-electron chi connectivity index (χ2n) is 12.5. The SMILES string of the molecule is CCOc1cc(/C=c2/sc3n(c2=O)[C@H](c2c(OC)ccc4ccccc24)C(C(=O)N(CC)CC)=C(C)N=3)ccc1OCc1cccc2ccccc12. The Hall–Kier alpha value is -5.67. The Morgan fingerprint density at radius 2 is 1.54 bits per heavy atom. The third kappa shape index (κ3) is 6.37. The van der Waals surface area contributed by atoms with Crippen LogP contribution in [-0.2, 0) is 11.4 Å². The van der Waals surface area contributed by atoms with Gasteiger partial charge in [0.05, 0.1) is 29.5 Å². The summed E-state index contributed by atoms with van der Waals surface area (Å²) in [6.45, 7) is 9.58. The molecule has 0 saturated carbocycles. The number of hydrogen-bond donors (Lipinski definition) is 0. The van der Waals surface area contributed by atoms with Crippen molar-refractivity contribution in [1.82, 2.24) is 9.47 Å². The predicted molar refractivity (Wildman–Crippen MR) is 208 cm³/mol. The van der Waals surface area contributed by atoms with Crippen LogP contribution in [0, 0.1) is 0 Å². The Kier molecular flexibility index (Phi) is 9.96. The maximum Gasteiger partial charge on any atom is 0.271 e. The molecule has 0 saturated heterocycles. The average Bonchev–Trinajstić information content (AvgIpc) is 3.47.